The molecule has 0 N–H and O–H groups in total. The molecular formula is C9H10IN. The number of nitrogens with zero attached hydrogens (tertiary/aromatic N) is 1. The summed E-state index contributed by atoms with van der Waals surface area (Å²) < 4.78 is 1.05. The molecule has 0 saturated carbocycles. The van der Waals surface area contributed by atoms with Crippen LogP contribution in [0.1, 0.15) is 11.1 Å². The van der Waals surface area contributed by atoms with Crippen molar-refractivity contribution < 1.29 is 0 Å². The van der Waals surface area contributed by atoms with E-state index in [1.165, 1.54) is 11.1 Å². The number of aryl methyl sites for hydroxylation is 1. The Morgan fingerprint density at radius 3 is 3.09 bits per heavy atom. The fourth-order valence-electron chi connectivity index (χ4n) is 0.822. The SMILES string of the molecule is Cc1ccncc1/C=C\CI. The minimum atomic E-state index is 1.05. The quantitative estimate of drug-likeness (QED) is 0.588. The van der Waals surface area contributed by atoms with Crippen LogP contribution in [-0.4, -0.2) is 9.41 Å². The zero-order valence-corrected chi connectivity index (χ0v) is 8.58. The molecule has 0 amide bonds. The maximum atomic E-state index is 4.04. The lowest BCUT2D eigenvalue weighted by Crippen LogP contribution is -1.80. The van der Waals surface area contributed by atoms with Crippen LogP contribution in [0.25, 0.3) is 6.08 Å². The second kappa shape index (κ2) is 4.49. The molecule has 0 spiro atoms. The lowest BCUT2D eigenvalue weighted by Gasteiger charge is -1.95. The highest BCUT2D eigenvalue weighted by Gasteiger charge is 1.89. The number of hydrogen-bond acceptors (Lipinski definition) is 1. The number of pyridine rings is 1. The molecule has 1 nitrogen and oxygen atoms in total. The van der Waals surface area contributed by atoms with Crippen LogP contribution in [-0.2, 0) is 0 Å². The summed E-state index contributed by atoms with van der Waals surface area (Å²) >= 11 is 2.32. The van der Waals surface area contributed by atoms with Crippen LogP contribution < -0.4 is 0 Å². The smallest absolute Gasteiger partial charge is 0.0342 e. The monoisotopic (exact) mass is 259 g/mol. The average Bonchev–Trinajstić information content (AvgIpc) is 2.03. The molecule has 0 fully saturated rings. The molecule has 0 atom stereocenters. The van der Waals surface area contributed by atoms with Gasteiger partial charge in [-0.05, 0) is 24.1 Å². The number of rotatable bonds is 2. The molecule has 0 unspecified atom stereocenters. The zero-order chi connectivity index (χ0) is 8.10. The summed E-state index contributed by atoms with van der Waals surface area (Å²) in [5.74, 6) is 0. The summed E-state index contributed by atoms with van der Waals surface area (Å²) in [5, 5.41) is 0. The third kappa shape index (κ3) is 2.61. The first-order valence-electron chi connectivity index (χ1n) is 3.47. The Hall–Kier alpha value is -0.380. The summed E-state index contributed by atoms with van der Waals surface area (Å²) in [7, 11) is 0. The van der Waals surface area contributed by atoms with Gasteiger partial charge in [0.1, 0.15) is 0 Å². The fraction of sp³-hybridized carbons (Fsp3) is 0.222. The molecule has 1 aromatic rings. The second-order valence-corrected chi connectivity index (χ2v) is 3.17. The van der Waals surface area contributed by atoms with E-state index in [1.807, 2.05) is 18.5 Å². The molecule has 0 aromatic carbocycles. The Morgan fingerprint density at radius 2 is 2.45 bits per heavy atom. The Morgan fingerprint density at radius 1 is 1.64 bits per heavy atom. The van der Waals surface area contributed by atoms with Crippen LogP contribution in [0.5, 0.6) is 0 Å². The van der Waals surface area contributed by atoms with Crippen molar-refractivity contribution in [2.75, 3.05) is 4.43 Å². The number of allylic oxidation sites excluding steroid dienone is 1. The van der Waals surface area contributed by atoms with E-state index in [-0.39, 0.29) is 0 Å². The summed E-state index contributed by atoms with van der Waals surface area (Å²) in [6, 6.07) is 2.02. The molecule has 1 heterocycles. The van der Waals surface area contributed by atoms with Gasteiger partial charge in [-0.1, -0.05) is 34.7 Å². The molecule has 0 aliphatic carbocycles. The van der Waals surface area contributed by atoms with Crippen LogP contribution in [0.3, 0.4) is 0 Å². The molecule has 1 rings (SSSR count). The van der Waals surface area contributed by atoms with Gasteiger partial charge in [0, 0.05) is 16.8 Å². The molecule has 0 aliphatic heterocycles. The van der Waals surface area contributed by atoms with Crippen LogP contribution in [0, 0.1) is 6.92 Å². The third-order valence-electron chi connectivity index (χ3n) is 1.47. The van der Waals surface area contributed by atoms with E-state index in [0.29, 0.717) is 0 Å². The van der Waals surface area contributed by atoms with Crippen molar-refractivity contribution in [1.29, 1.82) is 0 Å². The lowest BCUT2D eigenvalue weighted by molar-refractivity contribution is 1.27. The van der Waals surface area contributed by atoms with Crippen molar-refractivity contribution in [2.24, 2.45) is 0 Å². The minimum Gasteiger partial charge on any atom is -0.264 e. The molecule has 0 radical (unpaired) electrons. The van der Waals surface area contributed by atoms with E-state index in [2.05, 4.69) is 46.7 Å². The van der Waals surface area contributed by atoms with Crippen LogP contribution in [0.4, 0.5) is 0 Å². The van der Waals surface area contributed by atoms with Gasteiger partial charge in [-0.2, -0.15) is 0 Å². The van der Waals surface area contributed by atoms with Gasteiger partial charge in [-0.25, -0.2) is 0 Å². The van der Waals surface area contributed by atoms with Gasteiger partial charge in [0.25, 0.3) is 0 Å². The van der Waals surface area contributed by atoms with Gasteiger partial charge in [-0.15, -0.1) is 0 Å². The standard InChI is InChI=1S/C9H10IN/c1-8-4-6-11-7-9(8)3-2-5-10/h2-4,6-7H,5H2,1H3/b3-2-. The van der Waals surface area contributed by atoms with Crippen molar-refractivity contribution in [3.63, 3.8) is 0 Å². The maximum Gasteiger partial charge on any atom is 0.0342 e. The molecule has 58 valence electrons. The second-order valence-electron chi connectivity index (χ2n) is 2.29. The number of alkyl halides is 1. The highest BCUT2D eigenvalue weighted by Crippen LogP contribution is 2.06. The van der Waals surface area contributed by atoms with Crippen molar-refractivity contribution in [1.82, 2.24) is 4.98 Å². The van der Waals surface area contributed by atoms with E-state index < -0.39 is 0 Å². The molecule has 2 heteroatoms. The van der Waals surface area contributed by atoms with Crippen LogP contribution in [0.2, 0.25) is 0 Å². The topological polar surface area (TPSA) is 12.9 Å². The highest BCUT2D eigenvalue weighted by atomic mass is 127. The van der Waals surface area contributed by atoms with Gasteiger partial charge in [0.15, 0.2) is 0 Å². The normalized spacial score (nSPS) is 10.7. The van der Waals surface area contributed by atoms with Crippen molar-refractivity contribution in [3.05, 3.63) is 35.7 Å². The van der Waals surface area contributed by atoms with E-state index in [4.69, 9.17) is 0 Å². The highest BCUT2D eigenvalue weighted by molar-refractivity contribution is 14.1. The molecule has 0 saturated heterocycles. The lowest BCUT2D eigenvalue weighted by atomic mass is 10.1. The van der Waals surface area contributed by atoms with Gasteiger partial charge < -0.3 is 0 Å². The molecule has 0 aliphatic rings. The van der Waals surface area contributed by atoms with Gasteiger partial charge in [-0.3, -0.25) is 4.98 Å². The number of aromatic nitrogens is 1. The Kier molecular flexibility index (Phi) is 3.56. The van der Waals surface area contributed by atoms with E-state index in [9.17, 15) is 0 Å². The Balaban J connectivity index is 2.86. The van der Waals surface area contributed by atoms with Crippen molar-refractivity contribution in [2.45, 2.75) is 6.92 Å². The molecule has 1 aromatic heterocycles. The van der Waals surface area contributed by atoms with E-state index in [1.54, 1.807) is 0 Å². The van der Waals surface area contributed by atoms with Gasteiger partial charge >= 0.3 is 0 Å². The summed E-state index contributed by atoms with van der Waals surface area (Å²) in [6.45, 7) is 2.09. The number of halogens is 1. The summed E-state index contributed by atoms with van der Waals surface area (Å²) in [4.78, 5) is 4.04. The Labute approximate surface area is 80.7 Å². The minimum absolute atomic E-state index is 1.05. The number of hydrogen-bond donors (Lipinski definition) is 0. The first-order valence-corrected chi connectivity index (χ1v) is 5.00. The van der Waals surface area contributed by atoms with Crippen molar-refractivity contribution >= 4 is 28.7 Å². The van der Waals surface area contributed by atoms with Crippen LogP contribution >= 0.6 is 22.6 Å². The molecular weight excluding hydrogens is 249 g/mol. The first kappa shape index (κ1) is 8.71. The Bertz CT molecular complexity index is 255. The molecule has 0 bridgehead atoms. The first-order chi connectivity index (χ1) is 5.34. The zero-order valence-electron chi connectivity index (χ0n) is 6.42. The van der Waals surface area contributed by atoms with Gasteiger partial charge in [0.05, 0.1) is 0 Å². The predicted octanol–water partition coefficient (Wildman–Crippen LogP) is 2.84. The van der Waals surface area contributed by atoms with E-state index >= 15 is 0 Å². The maximum absolute atomic E-state index is 4.04. The van der Waals surface area contributed by atoms with Crippen LogP contribution in [0.15, 0.2) is 24.5 Å². The molecule has 11 heavy (non-hydrogen) atoms. The predicted molar refractivity (Wildman–Crippen MR) is 56.9 cm³/mol. The largest absolute Gasteiger partial charge is 0.264 e. The third-order valence-corrected chi connectivity index (χ3v) is 1.97. The van der Waals surface area contributed by atoms with Gasteiger partial charge in [0.2, 0.25) is 0 Å². The van der Waals surface area contributed by atoms with Crippen molar-refractivity contribution in [3.8, 4) is 0 Å². The van der Waals surface area contributed by atoms with E-state index in [0.717, 1.165) is 4.43 Å². The fourth-order valence-corrected chi connectivity index (χ4v) is 1.08. The average molecular weight is 259 g/mol. The summed E-state index contributed by atoms with van der Waals surface area (Å²) in [6.07, 6.45) is 7.94. The summed E-state index contributed by atoms with van der Waals surface area (Å²) in [5.41, 5.74) is 2.49.